The maximum absolute atomic E-state index is 13.0. The lowest BCUT2D eigenvalue weighted by molar-refractivity contribution is -0.115. The molecular weight excluding hydrogens is 614 g/mol. The summed E-state index contributed by atoms with van der Waals surface area (Å²) in [5.41, 5.74) is -0.975. The highest BCUT2D eigenvalue weighted by Gasteiger charge is 2.29. The molecular formula is C25H18Cl4N2O7S. The van der Waals surface area contributed by atoms with E-state index in [4.69, 9.17) is 46.4 Å². The minimum atomic E-state index is -1.53. The number of carboxylic acids is 2. The van der Waals surface area contributed by atoms with Crippen molar-refractivity contribution in [2.75, 3.05) is 10.6 Å². The van der Waals surface area contributed by atoms with Crippen molar-refractivity contribution in [2.45, 2.75) is 23.5 Å². The second-order valence-electron chi connectivity index (χ2n) is 7.83. The predicted molar refractivity (Wildman–Crippen MR) is 151 cm³/mol. The van der Waals surface area contributed by atoms with Gasteiger partial charge in [0.15, 0.2) is 0 Å². The van der Waals surface area contributed by atoms with Crippen molar-refractivity contribution in [2.24, 2.45) is 0 Å². The van der Waals surface area contributed by atoms with Crippen LogP contribution in [0.3, 0.4) is 0 Å². The van der Waals surface area contributed by atoms with E-state index >= 15 is 0 Å². The van der Waals surface area contributed by atoms with Gasteiger partial charge in [0.25, 0.3) is 5.91 Å². The van der Waals surface area contributed by atoms with Crippen LogP contribution in [0.2, 0.25) is 20.1 Å². The Balaban J connectivity index is 1.81. The van der Waals surface area contributed by atoms with Gasteiger partial charge in [-0.05, 0) is 42.8 Å². The van der Waals surface area contributed by atoms with Crippen LogP contribution in [0.15, 0.2) is 47.4 Å². The number of nitrogens with one attached hydrogen (secondary N) is 2. The molecule has 14 heteroatoms. The molecule has 0 bridgehead atoms. The average Bonchev–Trinajstić information content (AvgIpc) is 2.88. The van der Waals surface area contributed by atoms with Crippen molar-refractivity contribution in [3.8, 4) is 5.75 Å². The van der Waals surface area contributed by atoms with Gasteiger partial charge in [0.2, 0.25) is 5.91 Å². The number of rotatable bonds is 9. The Morgan fingerprint density at radius 2 is 1.44 bits per heavy atom. The van der Waals surface area contributed by atoms with E-state index in [1.807, 2.05) is 0 Å². The average molecular weight is 632 g/mol. The molecule has 0 heterocycles. The van der Waals surface area contributed by atoms with Gasteiger partial charge in [0, 0.05) is 16.3 Å². The second-order valence-corrected chi connectivity index (χ2v) is 10.6. The summed E-state index contributed by atoms with van der Waals surface area (Å²) < 4.78 is 0. The van der Waals surface area contributed by atoms with Crippen LogP contribution >= 0.6 is 58.2 Å². The highest BCUT2D eigenvalue weighted by Crippen LogP contribution is 2.42. The van der Waals surface area contributed by atoms with Crippen LogP contribution in [0.5, 0.6) is 5.75 Å². The van der Waals surface area contributed by atoms with Crippen molar-refractivity contribution >= 4 is 93.3 Å². The lowest BCUT2D eigenvalue weighted by atomic mass is 10.1. The Morgan fingerprint density at radius 1 is 0.821 bits per heavy atom. The van der Waals surface area contributed by atoms with E-state index in [9.17, 15) is 34.5 Å². The fraction of sp³-hybridized carbons (Fsp3) is 0.120. The van der Waals surface area contributed by atoms with Crippen LogP contribution in [-0.2, 0) is 4.79 Å². The molecule has 5 N–H and O–H groups in total. The number of carbonyl (C=O) groups excluding carboxylic acids is 2. The molecule has 1 unspecified atom stereocenters. The zero-order valence-electron chi connectivity index (χ0n) is 19.7. The molecule has 0 aliphatic carbocycles. The molecule has 3 aromatic rings. The molecule has 0 saturated heterocycles. The van der Waals surface area contributed by atoms with Crippen LogP contribution in [0, 0.1) is 0 Å². The molecule has 204 valence electrons. The molecule has 0 aliphatic heterocycles. The van der Waals surface area contributed by atoms with Gasteiger partial charge in [-0.25, -0.2) is 9.59 Å². The number of carboxylic acid groups (broad SMARTS) is 2. The molecule has 0 spiro atoms. The van der Waals surface area contributed by atoms with E-state index in [1.54, 1.807) is 31.2 Å². The Bertz CT molecular complexity index is 1500. The number of benzene rings is 3. The molecule has 9 nitrogen and oxygen atoms in total. The van der Waals surface area contributed by atoms with Crippen molar-refractivity contribution < 1.29 is 34.5 Å². The molecule has 3 aromatic carbocycles. The monoisotopic (exact) mass is 630 g/mol. The smallest absolute Gasteiger partial charge is 0.339 e. The van der Waals surface area contributed by atoms with Crippen LogP contribution in [0.4, 0.5) is 11.4 Å². The number of halogens is 4. The van der Waals surface area contributed by atoms with Gasteiger partial charge in [0.05, 0.1) is 36.5 Å². The maximum Gasteiger partial charge on any atom is 0.339 e. The lowest BCUT2D eigenvalue weighted by Crippen LogP contribution is -2.24. The van der Waals surface area contributed by atoms with Gasteiger partial charge >= 0.3 is 11.9 Å². The van der Waals surface area contributed by atoms with E-state index in [0.717, 1.165) is 6.07 Å². The molecule has 39 heavy (non-hydrogen) atoms. The molecule has 2 amide bonds. The fourth-order valence-electron chi connectivity index (χ4n) is 3.38. The number of thioether (sulfide) groups is 1. The second kappa shape index (κ2) is 12.8. The van der Waals surface area contributed by atoms with Crippen LogP contribution in [0.1, 0.15) is 44.4 Å². The van der Waals surface area contributed by atoms with Gasteiger partial charge < -0.3 is 26.0 Å². The Morgan fingerprint density at radius 3 is 2.03 bits per heavy atom. The lowest BCUT2D eigenvalue weighted by Gasteiger charge is -2.16. The van der Waals surface area contributed by atoms with Crippen LogP contribution in [-0.4, -0.2) is 44.3 Å². The standard InChI is InChI=1S/C25H18Cl4N2O7S/c1-2-15(22(33)30-11-6-7-14(32)13(9-11)24(35)36)39-12-5-3-4-10(8-12)31-23(34)16-17(25(37)38)19(27)21(29)20(28)18(16)26/h3-9,15,32H,2H2,1H3,(H,30,33)(H,31,34)(H,35,36)(H,37,38). The van der Waals surface area contributed by atoms with E-state index in [2.05, 4.69) is 10.6 Å². The number of amides is 2. The first-order valence-corrected chi connectivity index (χ1v) is 13.3. The quantitative estimate of drug-likeness (QED) is 0.0721. The summed E-state index contributed by atoms with van der Waals surface area (Å²) in [6.07, 6.45) is 0.399. The van der Waals surface area contributed by atoms with Crippen LogP contribution in [0.25, 0.3) is 0 Å². The SMILES string of the molecule is CCC(Sc1cccc(NC(=O)c2c(Cl)c(Cl)c(Cl)c(Cl)c2C(=O)O)c1)C(=O)Nc1ccc(O)c(C(=O)O)c1. The van der Waals surface area contributed by atoms with Gasteiger partial charge in [-0.15, -0.1) is 11.8 Å². The van der Waals surface area contributed by atoms with Crippen molar-refractivity contribution in [3.05, 3.63) is 79.2 Å². The third-order valence-electron chi connectivity index (χ3n) is 5.24. The number of aromatic carboxylic acids is 2. The van der Waals surface area contributed by atoms with E-state index in [0.29, 0.717) is 11.3 Å². The van der Waals surface area contributed by atoms with Crippen LogP contribution < -0.4 is 10.6 Å². The first kappa shape index (κ1) is 30.4. The van der Waals surface area contributed by atoms with Gasteiger partial charge in [0.1, 0.15) is 11.3 Å². The van der Waals surface area contributed by atoms with Gasteiger partial charge in [-0.3, -0.25) is 9.59 Å². The predicted octanol–water partition coefficient (Wildman–Crippen LogP) is 7.16. The highest BCUT2D eigenvalue weighted by atomic mass is 35.5. The molecule has 0 fully saturated rings. The first-order chi connectivity index (χ1) is 18.3. The minimum Gasteiger partial charge on any atom is -0.507 e. The van der Waals surface area contributed by atoms with Crippen molar-refractivity contribution in [3.63, 3.8) is 0 Å². The summed E-state index contributed by atoms with van der Waals surface area (Å²) in [7, 11) is 0. The molecule has 0 saturated carbocycles. The third kappa shape index (κ3) is 6.90. The summed E-state index contributed by atoms with van der Waals surface area (Å²) in [5.74, 6) is -4.62. The fourth-order valence-corrected chi connectivity index (χ4v) is 5.41. The van der Waals surface area contributed by atoms with Gasteiger partial charge in [-0.2, -0.15) is 0 Å². The van der Waals surface area contributed by atoms with E-state index in [-0.39, 0.29) is 32.0 Å². The maximum atomic E-state index is 13.0. The number of anilines is 2. The molecule has 3 rings (SSSR count). The zero-order valence-corrected chi connectivity index (χ0v) is 23.6. The Labute approximate surface area is 246 Å². The van der Waals surface area contributed by atoms with Crippen molar-refractivity contribution in [1.82, 2.24) is 0 Å². The summed E-state index contributed by atoms with van der Waals surface area (Å²) in [5, 5.41) is 31.6. The molecule has 0 aromatic heterocycles. The highest BCUT2D eigenvalue weighted by molar-refractivity contribution is 8.00. The summed E-state index contributed by atoms with van der Waals surface area (Å²) in [4.78, 5) is 49.5. The molecule has 0 aliphatic rings. The molecule has 0 radical (unpaired) electrons. The van der Waals surface area contributed by atoms with Crippen molar-refractivity contribution in [1.29, 1.82) is 0 Å². The number of hydrogen-bond donors (Lipinski definition) is 5. The number of phenols is 1. The number of aromatic hydroxyl groups is 1. The summed E-state index contributed by atoms with van der Waals surface area (Å²) in [6, 6.07) is 10.1. The van der Waals surface area contributed by atoms with Gasteiger partial charge in [-0.1, -0.05) is 59.4 Å². The zero-order chi connectivity index (χ0) is 29.0. The Kier molecular flexibility index (Phi) is 9.98. The third-order valence-corrected chi connectivity index (χ3v) is 8.40. The largest absolute Gasteiger partial charge is 0.507 e. The first-order valence-electron chi connectivity index (χ1n) is 10.9. The summed E-state index contributed by atoms with van der Waals surface area (Å²) >= 11 is 25.3. The number of carbonyl (C=O) groups is 4. The Hall–Kier alpha value is -3.15. The van der Waals surface area contributed by atoms with E-state index in [1.165, 1.54) is 23.9 Å². The normalized spacial score (nSPS) is 11.5. The molecule has 1 atom stereocenters. The van der Waals surface area contributed by atoms with E-state index < -0.39 is 50.9 Å². The topological polar surface area (TPSA) is 153 Å². The number of hydrogen-bond acceptors (Lipinski definition) is 6. The summed E-state index contributed by atoms with van der Waals surface area (Å²) in [6.45, 7) is 1.78. The minimum absolute atomic E-state index is 0.196.